The standard InChI is InChI=1S/C20H16N2O2/c1-22-12-16(15-8-2-3-9-17(15)22)18(23)13-24-19-10-4-6-14-7-5-11-21-20(14)19/h2-12H,13H2,1H3. The zero-order chi connectivity index (χ0) is 16.5. The van der Waals surface area contributed by atoms with Crippen molar-refractivity contribution in [2.75, 3.05) is 6.61 Å². The molecule has 4 aromatic rings. The van der Waals surface area contributed by atoms with Crippen molar-refractivity contribution < 1.29 is 9.53 Å². The van der Waals surface area contributed by atoms with Crippen molar-refractivity contribution in [3.8, 4) is 5.75 Å². The van der Waals surface area contributed by atoms with Gasteiger partial charge in [0, 0.05) is 41.3 Å². The van der Waals surface area contributed by atoms with E-state index < -0.39 is 0 Å². The van der Waals surface area contributed by atoms with E-state index in [4.69, 9.17) is 4.74 Å². The Morgan fingerprint density at radius 3 is 2.83 bits per heavy atom. The number of benzene rings is 2. The predicted octanol–water partition coefficient (Wildman–Crippen LogP) is 3.99. The SMILES string of the molecule is Cn1cc(C(=O)COc2cccc3cccnc23)c2ccccc21. The Kier molecular flexibility index (Phi) is 3.50. The Hall–Kier alpha value is -3.14. The molecule has 118 valence electrons. The molecule has 0 amide bonds. The molecule has 0 saturated carbocycles. The predicted molar refractivity (Wildman–Crippen MR) is 94.5 cm³/mol. The van der Waals surface area contributed by atoms with E-state index in [-0.39, 0.29) is 12.4 Å². The maximum Gasteiger partial charge on any atom is 0.202 e. The molecule has 0 aliphatic heterocycles. The summed E-state index contributed by atoms with van der Waals surface area (Å²) in [4.78, 5) is 17.0. The summed E-state index contributed by atoms with van der Waals surface area (Å²) >= 11 is 0. The first-order chi connectivity index (χ1) is 11.7. The van der Waals surface area contributed by atoms with E-state index in [0.29, 0.717) is 11.3 Å². The van der Waals surface area contributed by atoms with Crippen LogP contribution in [0.3, 0.4) is 0 Å². The number of para-hydroxylation sites is 2. The molecule has 0 aliphatic rings. The number of aromatic nitrogens is 2. The van der Waals surface area contributed by atoms with Crippen LogP contribution in [0.15, 0.2) is 67.0 Å². The normalized spacial score (nSPS) is 11.0. The summed E-state index contributed by atoms with van der Waals surface area (Å²) in [6, 6.07) is 17.4. The number of ketones is 1. The molecule has 4 heteroatoms. The quantitative estimate of drug-likeness (QED) is 0.535. The maximum absolute atomic E-state index is 12.6. The van der Waals surface area contributed by atoms with Crippen LogP contribution in [-0.2, 0) is 7.05 Å². The largest absolute Gasteiger partial charge is 0.483 e. The molecule has 24 heavy (non-hydrogen) atoms. The fourth-order valence-electron chi connectivity index (χ4n) is 2.98. The summed E-state index contributed by atoms with van der Waals surface area (Å²) in [6.45, 7) is -0.0102. The fraction of sp³-hybridized carbons (Fsp3) is 0.100. The molecule has 4 rings (SSSR count). The van der Waals surface area contributed by atoms with E-state index in [2.05, 4.69) is 4.98 Å². The van der Waals surface area contributed by atoms with Gasteiger partial charge in [-0.25, -0.2) is 0 Å². The van der Waals surface area contributed by atoms with Crippen LogP contribution in [0.25, 0.3) is 21.8 Å². The van der Waals surface area contributed by atoms with Gasteiger partial charge >= 0.3 is 0 Å². The lowest BCUT2D eigenvalue weighted by Crippen LogP contribution is -2.11. The Labute approximate surface area is 139 Å². The molecular weight excluding hydrogens is 300 g/mol. The second kappa shape index (κ2) is 5.81. The monoisotopic (exact) mass is 316 g/mol. The van der Waals surface area contributed by atoms with Crippen LogP contribution >= 0.6 is 0 Å². The number of fused-ring (bicyclic) bond motifs is 2. The lowest BCUT2D eigenvalue weighted by molar-refractivity contribution is 0.0924. The van der Waals surface area contributed by atoms with E-state index in [1.54, 1.807) is 6.20 Å². The van der Waals surface area contributed by atoms with Crippen molar-refractivity contribution in [2.45, 2.75) is 0 Å². The van der Waals surface area contributed by atoms with E-state index >= 15 is 0 Å². The molecule has 0 spiro atoms. The van der Waals surface area contributed by atoms with Gasteiger partial charge in [-0.05, 0) is 18.2 Å². The summed E-state index contributed by atoms with van der Waals surface area (Å²) in [6.07, 6.45) is 3.58. The third-order valence-electron chi connectivity index (χ3n) is 4.15. The number of rotatable bonds is 4. The minimum Gasteiger partial charge on any atom is -0.483 e. The van der Waals surface area contributed by atoms with E-state index in [0.717, 1.165) is 21.8 Å². The van der Waals surface area contributed by atoms with Gasteiger partial charge in [-0.3, -0.25) is 9.78 Å². The molecule has 0 radical (unpaired) electrons. The lowest BCUT2D eigenvalue weighted by atomic mass is 10.1. The molecule has 2 heterocycles. The van der Waals surface area contributed by atoms with Crippen molar-refractivity contribution in [3.63, 3.8) is 0 Å². The van der Waals surface area contributed by atoms with Crippen LogP contribution in [0.2, 0.25) is 0 Å². The maximum atomic E-state index is 12.6. The van der Waals surface area contributed by atoms with Gasteiger partial charge in [-0.2, -0.15) is 0 Å². The van der Waals surface area contributed by atoms with Crippen LogP contribution in [-0.4, -0.2) is 21.9 Å². The molecule has 0 unspecified atom stereocenters. The first kappa shape index (κ1) is 14.5. The Morgan fingerprint density at radius 2 is 1.92 bits per heavy atom. The smallest absolute Gasteiger partial charge is 0.202 e. The highest BCUT2D eigenvalue weighted by Crippen LogP contribution is 2.24. The van der Waals surface area contributed by atoms with Crippen LogP contribution in [0, 0.1) is 0 Å². The number of ether oxygens (including phenoxy) is 1. The number of Topliss-reactive ketones (excluding diaryl/α,β-unsaturated/α-hetero) is 1. The molecular formula is C20H16N2O2. The molecule has 0 atom stereocenters. The van der Waals surface area contributed by atoms with Crippen LogP contribution in [0.4, 0.5) is 0 Å². The number of hydrogen-bond acceptors (Lipinski definition) is 3. The van der Waals surface area contributed by atoms with Gasteiger partial charge in [-0.1, -0.05) is 36.4 Å². The topological polar surface area (TPSA) is 44.1 Å². The van der Waals surface area contributed by atoms with E-state index in [1.165, 1.54) is 0 Å². The number of carbonyl (C=O) groups excluding carboxylic acids is 1. The molecule has 0 N–H and O–H groups in total. The molecule has 0 saturated heterocycles. The highest BCUT2D eigenvalue weighted by molar-refractivity contribution is 6.08. The number of aryl methyl sites for hydroxylation is 1. The van der Waals surface area contributed by atoms with Gasteiger partial charge in [0.15, 0.2) is 6.61 Å². The summed E-state index contributed by atoms with van der Waals surface area (Å²) in [5, 5.41) is 1.94. The van der Waals surface area contributed by atoms with Gasteiger partial charge in [-0.15, -0.1) is 0 Å². The van der Waals surface area contributed by atoms with Crippen molar-refractivity contribution in [3.05, 3.63) is 72.6 Å². The summed E-state index contributed by atoms with van der Waals surface area (Å²) in [5.41, 5.74) is 2.49. The van der Waals surface area contributed by atoms with Gasteiger partial charge in [0.05, 0.1) is 0 Å². The molecule has 2 aromatic carbocycles. The number of pyridine rings is 1. The van der Waals surface area contributed by atoms with Gasteiger partial charge in [0.1, 0.15) is 11.3 Å². The number of carbonyl (C=O) groups is 1. The first-order valence-corrected chi connectivity index (χ1v) is 7.78. The fourth-order valence-corrected chi connectivity index (χ4v) is 2.98. The Morgan fingerprint density at radius 1 is 1.08 bits per heavy atom. The highest BCUT2D eigenvalue weighted by atomic mass is 16.5. The zero-order valence-electron chi connectivity index (χ0n) is 13.3. The van der Waals surface area contributed by atoms with Crippen LogP contribution in [0.5, 0.6) is 5.75 Å². The average Bonchev–Trinajstić information content (AvgIpc) is 2.97. The number of hydrogen-bond donors (Lipinski definition) is 0. The van der Waals surface area contributed by atoms with Crippen molar-refractivity contribution in [1.29, 1.82) is 0 Å². The van der Waals surface area contributed by atoms with Gasteiger partial charge in [0.25, 0.3) is 0 Å². The van der Waals surface area contributed by atoms with E-state index in [1.807, 2.05) is 72.4 Å². The van der Waals surface area contributed by atoms with Crippen molar-refractivity contribution in [1.82, 2.24) is 9.55 Å². The van der Waals surface area contributed by atoms with Crippen LogP contribution in [0.1, 0.15) is 10.4 Å². The summed E-state index contributed by atoms with van der Waals surface area (Å²) in [5.74, 6) is 0.585. The van der Waals surface area contributed by atoms with Gasteiger partial charge in [0.2, 0.25) is 5.78 Å². The zero-order valence-corrected chi connectivity index (χ0v) is 13.3. The van der Waals surface area contributed by atoms with E-state index in [9.17, 15) is 4.79 Å². The summed E-state index contributed by atoms with van der Waals surface area (Å²) < 4.78 is 7.73. The Bertz CT molecular complexity index is 1040. The molecule has 0 bridgehead atoms. The molecule has 2 aromatic heterocycles. The third kappa shape index (κ3) is 2.42. The van der Waals surface area contributed by atoms with Gasteiger partial charge < -0.3 is 9.30 Å². The van der Waals surface area contributed by atoms with Crippen LogP contribution < -0.4 is 4.74 Å². The molecule has 0 aliphatic carbocycles. The molecule has 0 fully saturated rings. The van der Waals surface area contributed by atoms with Crippen molar-refractivity contribution >= 4 is 27.6 Å². The van der Waals surface area contributed by atoms with Crippen molar-refractivity contribution in [2.24, 2.45) is 7.05 Å². The summed E-state index contributed by atoms with van der Waals surface area (Å²) in [7, 11) is 1.94. The third-order valence-corrected chi connectivity index (χ3v) is 4.15. The molecule has 4 nitrogen and oxygen atoms in total. The first-order valence-electron chi connectivity index (χ1n) is 7.78. The minimum atomic E-state index is -0.0419. The second-order valence-electron chi connectivity index (χ2n) is 5.71. The highest BCUT2D eigenvalue weighted by Gasteiger charge is 2.15. The average molecular weight is 316 g/mol. The minimum absolute atomic E-state index is 0.0102. The number of nitrogens with zero attached hydrogens (tertiary/aromatic N) is 2. The lowest BCUT2D eigenvalue weighted by Gasteiger charge is -2.07. The Balaban J connectivity index is 1.62. The second-order valence-corrected chi connectivity index (χ2v) is 5.71.